The molecule has 1 amide bonds. The summed E-state index contributed by atoms with van der Waals surface area (Å²) >= 11 is 1.49. The third kappa shape index (κ3) is 3.83. The summed E-state index contributed by atoms with van der Waals surface area (Å²) in [5.74, 6) is 0.648. The largest absolute Gasteiger partial charge is 0.497 e. The molecule has 2 atom stereocenters. The van der Waals surface area contributed by atoms with Crippen LogP contribution in [0.3, 0.4) is 0 Å². The Morgan fingerprint density at radius 1 is 1.33 bits per heavy atom. The van der Waals surface area contributed by atoms with Crippen molar-refractivity contribution in [3.05, 3.63) is 52.2 Å². The lowest BCUT2D eigenvalue weighted by atomic mass is 10.0. The quantitative estimate of drug-likeness (QED) is 0.862. The van der Waals surface area contributed by atoms with Gasteiger partial charge in [-0.05, 0) is 35.6 Å². The molecule has 2 unspecified atom stereocenters. The van der Waals surface area contributed by atoms with Crippen molar-refractivity contribution in [1.29, 1.82) is 0 Å². The lowest BCUT2D eigenvalue weighted by molar-refractivity contribution is -0.123. The second-order valence-corrected chi connectivity index (χ2v) is 5.71. The molecule has 112 valence electrons. The molecule has 0 spiro atoms. The third-order valence-electron chi connectivity index (χ3n) is 3.38. The Balaban J connectivity index is 2.05. The van der Waals surface area contributed by atoms with E-state index >= 15 is 0 Å². The highest BCUT2D eigenvalue weighted by Crippen LogP contribution is 2.22. The summed E-state index contributed by atoms with van der Waals surface area (Å²) in [7, 11) is 1.63. The Bertz CT molecular complexity index is 566. The summed E-state index contributed by atoms with van der Waals surface area (Å²) in [5, 5.41) is 4.93. The number of nitrogens with two attached hydrogens (primary N) is 1. The SMILES string of the molecule is CCC(NC(=O)C(N)c1cccs1)c1ccc(OC)cc1. The van der Waals surface area contributed by atoms with Gasteiger partial charge in [-0.25, -0.2) is 0 Å². The highest BCUT2D eigenvalue weighted by Gasteiger charge is 2.20. The molecule has 0 saturated carbocycles. The van der Waals surface area contributed by atoms with Gasteiger partial charge in [-0.2, -0.15) is 0 Å². The van der Waals surface area contributed by atoms with E-state index in [1.54, 1.807) is 7.11 Å². The second kappa shape index (κ2) is 7.24. The van der Waals surface area contributed by atoms with Gasteiger partial charge in [0.25, 0.3) is 0 Å². The van der Waals surface area contributed by atoms with Crippen LogP contribution in [0.2, 0.25) is 0 Å². The molecule has 0 aliphatic rings. The number of carbonyl (C=O) groups is 1. The number of hydrogen-bond acceptors (Lipinski definition) is 4. The molecule has 3 N–H and O–H groups in total. The molecular weight excluding hydrogens is 284 g/mol. The topological polar surface area (TPSA) is 64.4 Å². The van der Waals surface area contributed by atoms with Crippen molar-refractivity contribution in [2.75, 3.05) is 7.11 Å². The number of benzene rings is 1. The third-order valence-corrected chi connectivity index (χ3v) is 4.33. The van der Waals surface area contributed by atoms with Crippen LogP contribution in [0.25, 0.3) is 0 Å². The van der Waals surface area contributed by atoms with Crippen molar-refractivity contribution < 1.29 is 9.53 Å². The number of hydrogen-bond donors (Lipinski definition) is 2. The van der Waals surface area contributed by atoms with Gasteiger partial charge in [0, 0.05) is 4.88 Å². The van der Waals surface area contributed by atoms with Gasteiger partial charge in [0.05, 0.1) is 13.2 Å². The Hall–Kier alpha value is -1.85. The standard InChI is InChI=1S/C16H20N2O2S/c1-3-13(11-6-8-12(20-2)9-7-11)18-16(19)15(17)14-5-4-10-21-14/h4-10,13,15H,3,17H2,1-2H3,(H,18,19). The summed E-state index contributed by atoms with van der Waals surface area (Å²) in [5.41, 5.74) is 7.03. The van der Waals surface area contributed by atoms with Crippen molar-refractivity contribution in [2.45, 2.75) is 25.4 Å². The normalized spacial score (nSPS) is 13.5. The van der Waals surface area contributed by atoms with E-state index in [1.807, 2.05) is 48.7 Å². The van der Waals surface area contributed by atoms with Crippen LogP contribution >= 0.6 is 11.3 Å². The lowest BCUT2D eigenvalue weighted by Crippen LogP contribution is -2.36. The van der Waals surface area contributed by atoms with E-state index in [2.05, 4.69) is 5.32 Å². The molecule has 0 aliphatic heterocycles. The van der Waals surface area contributed by atoms with Crippen LogP contribution < -0.4 is 15.8 Å². The number of rotatable bonds is 6. The molecule has 0 saturated heterocycles. The van der Waals surface area contributed by atoms with Gasteiger partial charge < -0.3 is 15.8 Å². The van der Waals surface area contributed by atoms with Gasteiger partial charge in [0.1, 0.15) is 11.8 Å². The molecule has 0 fully saturated rings. The van der Waals surface area contributed by atoms with Gasteiger partial charge in [0.2, 0.25) is 5.91 Å². The second-order valence-electron chi connectivity index (χ2n) is 4.74. The van der Waals surface area contributed by atoms with Crippen molar-refractivity contribution in [2.24, 2.45) is 5.73 Å². The summed E-state index contributed by atoms with van der Waals surface area (Å²) in [6.07, 6.45) is 0.801. The number of carbonyl (C=O) groups excluding carboxylic acids is 1. The molecule has 0 aliphatic carbocycles. The summed E-state index contributed by atoms with van der Waals surface area (Å²) in [6, 6.07) is 10.8. The van der Waals surface area contributed by atoms with Gasteiger partial charge in [-0.3, -0.25) is 4.79 Å². The zero-order valence-corrected chi connectivity index (χ0v) is 13.0. The van der Waals surface area contributed by atoms with Crippen molar-refractivity contribution in [3.8, 4) is 5.75 Å². The van der Waals surface area contributed by atoms with Crippen LogP contribution in [0.1, 0.15) is 35.9 Å². The van der Waals surface area contributed by atoms with Crippen molar-refractivity contribution in [3.63, 3.8) is 0 Å². The highest BCUT2D eigenvalue weighted by molar-refractivity contribution is 7.10. The molecule has 1 heterocycles. The summed E-state index contributed by atoms with van der Waals surface area (Å²) in [4.78, 5) is 13.1. The lowest BCUT2D eigenvalue weighted by Gasteiger charge is -2.20. The van der Waals surface area contributed by atoms with Gasteiger partial charge in [0.15, 0.2) is 0 Å². The fourth-order valence-electron chi connectivity index (χ4n) is 2.12. The molecule has 0 radical (unpaired) electrons. The van der Waals surface area contributed by atoms with E-state index in [4.69, 9.17) is 10.5 Å². The number of ether oxygens (including phenoxy) is 1. The maximum Gasteiger partial charge on any atom is 0.242 e. The zero-order chi connectivity index (χ0) is 15.2. The van der Waals surface area contributed by atoms with E-state index in [-0.39, 0.29) is 11.9 Å². The maximum atomic E-state index is 12.3. The first kappa shape index (κ1) is 15.5. The van der Waals surface area contributed by atoms with E-state index < -0.39 is 6.04 Å². The Morgan fingerprint density at radius 3 is 2.57 bits per heavy atom. The Labute approximate surface area is 128 Å². The fourth-order valence-corrected chi connectivity index (χ4v) is 2.84. The van der Waals surface area contributed by atoms with Crippen LogP contribution in [-0.2, 0) is 4.79 Å². The molecule has 1 aromatic carbocycles. The van der Waals surface area contributed by atoms with Crippen LogP contribution in [0.15, 0.2) is 41.8 Å². The van der Waals surface area contributed by atoms with Crippen LogP contribution in [0, 0.1) is 0 Å². The molecule has 5 heteroatoms. The first-order chi connectivity index (χ1) is 10.2. The number of nitrogens with one attached hydrogen (secondary N) is 1. The Morgan fingerprint density at radius 2 is 2.05 bits per heavy atom. The Kier molecular flexibility index (Phi) is 5.36. The molecule has 4 nitrogen and oxygen atoms in total. The first-order valence-corrected chi connectivity index (χ1v) is 7.77. The van der Waals surface area contributed by atoms with E-state index in [9.17, 15) is 4.79 Å². The predicted octanol–water partition coefficient (Wildman–Crippen LogP) is 3.02. The predicted molar refractivity (Wildman–Crippen MR) is 85.4 cm³/mol. The number of methoxy groups -OCH3 is 1. The molecule has 1 aromatic heterocycles. The fraction of sp³-hybridized carbons (Fsp3) is 0.312. The van der Waals surface area contributed by atoms with Crippen molar-refractivity contribution in [1.82, 2.24) is 5.32 Å². The average molecular weight is 304 g/mol. The molecule has 0 bridgehead atoms. The summed E-state index contributed by atoms with van der Waals surface area (Å²) in [6.45, 7) is 2.03. The highest BCUT2D eigenvalue weighted by atomic mass is 32.1. The van der Waals surface area contributed by atoms with Crippen LogP contribution in [-0.4, -0.2) is 13.0 Å². The van der Waals surface area contributed by atoms with E-state index in [0.717, 1.165) is 22.6 Å². The monoisotopic (exact) mass is 304 g/mol. The minimum atomic E-state index is -0.614. The number of amides is 1. The van der Waals surface area contributed by atoms with E-state index in [1.165, 1.54) is 11.3 Å². The first-order valence-electron chi connectivity index (χ1n) is 6.89. The van der Waals surface area contributed by atoms with Gasteiger partial charge in [-0.1, -0.05) is 25.1 Å². The van der Waals surface area contributed by atoms with Crippen LogP contribution in [0.4, 0.5) is 0 Å². The van der Waals surface area contributed by atoms with Crippen molar-refractivity contribution >= 4 is 17.2 Å². The minimum Gasteiger partial charge on any atom is -0.497 e. The maximum absolute atomic E-state index is 12.3. The molecular formula is C16H20N2O2S. The number of thiophene rings is 1. The molecule has 2 rings (SSSR count). The minimum absolute atomic E-state index is 0.0468. The average Bonchev–Trinajstić information content (AvgIpc) is 3.06. The zero-order valence-electron chi connectivity index (χ0n) is 12.2. The smallest absolute Gasteiger partial charge is 0.242 e. The summed E-state index contributed by atoms with van der Waals surface area (Å²) < 4.78 is 5.14. The molecule has 2 aromatic rings. The van der Waals surface area contributed by atoms with E-state index in [0.29, 0.717) is 0 Å². The van der Waals surface area contributed by atoms with Crippen LogP contribution in [0.5, 0.6) is 5.75 Å². The van der Waals surface area contributed by atoms with Gasteiger partial charge in [-0.15, -0.1) is 11.3 Å². The van der Waals surface area contributed by atoms with Gasteiger partial charge >= 0.3 is 0 Å². The molecule has 21 heavy (non-hydrogen) atoms.